The first-order chi connectivity index (χ1) is 10.1. The second-order valence-corrected chi connectivity index (χ2v) is 4.65. The molecule has 0 atom stereocenters. The summed E-state index contributed by atoms with van der Waals surface area (Å²) >= 11 is 0. The van der Waals surface area contributed by atoms with Crippen LogP contribution in [0.25, 0.3) is 6.08 Å². The van der Waals surface area contributed by atoms with E-state index in [0.29, 0.717) is 11.5 Å². The number of aromatic nitrogens is 2. The number of carboxylic acids is 1. The maximum atomic E-state index is 10.4. The van der Waals surface area contributed by atoms with E-state index in [2.05, 4.69) is 22.1 Å². The van der Waals surface area contributed by atoms with Gasteiger partial charge in [-0.05, 0) is 18.1 Å². The second kappa shape index (κ2) is 7.19. The number of hydrogen-bond acceptors (Lipinski definition) is 4. The fourth-order valence-corrected chi connectivity index (χ4v) is 1.82. The molecule has 0 radical (unpaired) electrons. The van der Waals surface area contributed by atoms with Crippen LogP contribution in [0.2, 0.25) is 0 Å². The lowest BCUT2D eigenvalue weighted by atomic mass is 10.1. The van der Waals surface area contributed by atoms with Gasteiger partial charge < -0.3 is 10.0 Å². The molecule has 1 heterocycles. The van der Waals surface area contributed by atoms with Crippen LogP contribution in [0, 0.1) is 0 Å². The Balaban J connectivity index is 1.93. The largest absolute Gasteiger partial charge is 0.478 e. The van der Waals surface area contributed by atoms with Crippen molar-refractivity contribution in [1.29, 1.82) is 0 Å². The van der Waals surface area contributed by atoms with Gasteiger partial charge >= 0.3 is 5.97 Å². The Morgan fingerprint density at radius 1 is 1.24 bits per heavy atom. The standard InChI is InChI=1S/C16H17N3O2/c1-19(10-9-13-5-3-2-4-6-13)16-17-11-14(12-18-16)7-8-15(20)21/h2-8,11-12H,9-10H2,1H3,(H,20,21)/b8-7+. The van der Waals surface area contributed by atoms with Crippen molar-refractivity contribution in [1.82, 2.24) is 9.97 Å². The summed E-state index contributed by atoms with van der Waals surface area (Å²) in [6, 6.07) is 10.2. The lowest BCUT2D eigenvalue weighted by molar-refractivity contribution is -0.131. The first kappa shape index (κ1) is 14.7. The highest BCUT2D eigenvalue weighted by Crippen LogP contribution is 2.08. The van der Waals surface area contributed by atoms with Gasteiger partial charge in [0.05, 0.1) is 0 Å². The van der Waals surface area contributed by atoms with Gasteiger partial charge in [0.25, 0.3) is 0 Å². The molecule has 1 aromatic heterocycles. The van der Waals surface area contributed by atoms with Crippen LogP contribution in [0.5, 0.6) is 0 Å². The summed E-state index contributed by atoms with van der Waals surface area (Å²) in [5, 5.41) is 8.56. The minimum absolute atomic E-state index is 0.624. The predicted molar refractivity (Wildman–Crippen MR) is 82.1 cm³/mol. The number of nitrogens with zero attached hydrogens (tertiary/aromatic N) is 3. The van der Waals surface area contributed by atoms with Crippen LogP contribution >= 0.6 is 0 Å². The molecule has 108 valence electrons. The van der Waals surface area contributed by atoms with E-state index in [1.807, 2.05) is 30.1 Å². The Morgan fingerprint density at radius 3 is 2.52 bits per heavy atom. The van der Waals surface area contributed by atoms with Crippen LogP contribution in [0.1, 0.15) is 11.1 Å². The van der Waals surface area contributed by atoms with Crippen LogP contribution in [0.4, 0.5) is 5.95 Å². The highest BCUT2D eigenvalue weighted by atomic mass is 16.4. The molecule has 0 aliphatic carbocycles. The maximum absolute atomic E-state index is 10.4. The molecule has 2 rings (SSSR count). The van der Waals surface area contributed by atoms with Gasteiger partial charge in [0.2, 0.25) is 5.95 Å². The highest BCUT2D eigenvalue weighted by Gasteiger charge is 2.04. The molecule has 0 amide bonds. The maximum Gasteiger partial charge on any atom is 0.328 e. The molecule has 1 N–H and O–H groups in total. The molecule has 0 unspecified atom stereocenters. The molecule has 1 aromatic carbocycles. The van der Waals surface area contributed by atoms with Crippen molar-refractivity contribution in [3.05, 3.63) is 59.9 Å². The smallest absolute Gasteiger partial charge is 0.328 e. The zero-order valence-corrected chi connectivity index (χ0v) is 11.8. The third-order valence-corrected chi connectivity index (χ3v) is 3.00. The number of aliphatic carboxylic acids is 1. The van der Waals surface area contributed by atoms with Crippen molar-refractivity contribution >= 4 is 18.0 Å². The Morgan fingerprint density at radius 2 is 1.90 bits per heavy atom. The molecule has 0 saturated heterocycles. The topological polar surface area (TPSA) is 66.3 Å². The molecule has 0 aliphatic rings. The molecule has 5 nitrogen and oxygen atoms in total. The molecule has 21 heavy (non-hydrogen) atoms. The molecular formula is C16H17N3O2. The van der Waals surface area contributed by atoms with Gasteiger partial charge in [-0.2, -0.15) is 0 Å². The summed E-state index contributed by atoms with van der Waals surface area (Å²) < 4.78 is 0. The number of benzene rings is 1. The molecule has 2 aromatic rings. The van der Waals surface area contributed by atoms with Crippen LogP contribution in [-0.2, 0) is 11.2 Å². The minimum atomic E-state index is -0.987. The van der Waals surface area contributed by atoms with E-state index in [9.17, 15) is 4.79 Å². The van der Waals surface area contributed by atoms with Gasteiger partial charge in [0.15, 0.2) is 0 Å². The second-order valence-electron chi connectivity index (χ2n) is 4.65. The highest BCUT2D eigenvalue weighted by molar-refractivity contribution is 5.85. The quantitative estimate of drug-likeness (QED) is 0.824. The van der Waals surface area contributed by atoms with Crippen molar-refractivity contribution < 1.29 is 9.90 Å². The normalized spacial score (nSPS) is 10.7. The monoisotopic (exact) mass is 283 g/mol. The van der Waals surface area contributed by atoms with E-state index in [4.69, 9.17) is 5.11 Å². The molecule has 0 fully saturated rings. The van der Waals surface area contributed by atoms with Gasteiger partial charge in [-0.25, -0.2) is 14.8 Å². The summed E-state index contributed by atoms with van der Waals surface area (Å²) in [7, 11) is 1.94. The number of hydrogen-bond donors (Lipinski definition) is 1. The van der Waals surface area contributed by atoms with Gasteiger partial charge in [-0.1, -0.05) is 30.3 Å². The van der Waals surface area contributed by atoms with Crippen molar-refractivity contribution in [2.24, 2.45) is 0 Å². The predicted octanol–water partition coefficient (Wildman–Crippen LogP) is 2.25. The van der Waals surface area contributed by atoms with E-state index >= 15 is 0 Å². The SMILES string of the molecule is CN(CCc1ccccc1)c1ncc(/C=C/C(=O)O)cn1. The van der Waals surface area contributed by atoms with Crippen LogP contribution in [-0.4, -0.2) is 34.6 Å². The fourth-order valence-electron chi connectivity index (χ4n) is 1.82. The Hall–Kier alpha value is -2.69. The first-order valence-electron chi connectivity index (χ1n) is 6.63. The van der Waals surface area contributed by atoms with Crippen molar-refractivity contribution in [3.8, 4) is 0 Å². The van der Waals surface area contributed by atoms with Crippen molar-refractivity contribution in [3.63, 3.8) is 0 Å². The van der Waals surface area contributed by atoms with Gasteiger partial charge in [0, 0.05) is 37.6 Å². The van der Waals surface area contributed by atoms with Gasteiger partial charge in [-0.15, -0.1) is 0 Å². The summed E-state index contributed by atoms with van der Waals surface area (Å²) in [6.07, 6.45) is 6.68. The van der Waals surface area contributed by atoms with Crippen molar-refractivity contribution in [2.45, 2.75) is 6.42 Å². The molecule has 0 bridgehead atoms. The van der Waals surface area contributed by atoms with E-state index in [0.717, 1.165) is 19.0 Å². The van der Waals surface area contributed by atoms with Crippen LogP contribution in [0.3, 0.4) is 0 Å². The Kier molecular flexibility index (Phi) is 5.04. The number of likely N-dealkylation sites (N-methyl/N-ethyl adjacent to an activating group) is 1. The van der Waals surface area contributed by atoms with E-state index in [1.54, 1.807) is 12.4 Å². The first-order valence-corrected chi connectivity index (χ1v) is 6.63. The van der Waals surface area contributed by atoms with E-state index in [-0.39, 0.29) is 0 Å². The third-order valence-electron chi connectivity index (χ3n) is 3.00. The molecule has 0 spiro atoms. The molecule has 0 aliphatic heterocycles. The van der Waals surface area contributed by atoms with E-state index < -0.39 is 5.97 Å². The number of carbonyl (C=O) groups is 1. The van der Waals surface area contributed by atoms with Gasteiger partial charge in [-0.3, -0.25) is 0 Å². The lowest BCUT2D eigenvalue weighted by Gasteiger charge is -2.16. The van der Waals surface area contributed by atoms with E-state index in [1.165, 1.54) is 11.6 Å². The summed E-state index contributed by atoms with van der Waals surface area (Å²) in [5.74, 6) is -0.363. The minimum Gasteiger partial charge on any atom is -0.478 e. The average Bonchev–Trinajstić information content (AvgIpc) is 2.52. The molecule has 0 saturated carbocycles. The molecule has 5 heteroatoms. The van der Waals surface area contributed by atoms with Crippen LogP contribution < -0.4 is 4.90 Å². The van der Waals surface area contributed by atoms with Crippen molar-refractivity contribution in [2.75, 3.05) is 18.5 Å². The average molecular weight is 283 g/mol. The molecular weight excluding hydrogens is 266 g/mol. The number of anilines is 1. The zero-order valence-electron chi connectivity index (χ0n) is 11.8. The van der Waals surface area contributed by atoms with Gasteiger partial charge in [0.1, 0.15) is 0 Å². The Labute approximate surface area is 123 Å². The fraction of sp³-hybridized carbons (Fsp3) is 0.188. The lowest BCUT2D eigenvalue weighted by Crippen LogP contribution is -2.22. The number of rotatable bonds is 6. The Bertz CT molecular complexity index is 609. The summed E-state index contributed by atoms with van der Waals surface area (Å²) in [6.45, 7) is 0.814. The summed E-state index contributed by atoms with van der Waals surface area (Å²) in [4.78, 5) is 20.9. The van der Waals surface area contributed by atoms with Crippen LogP contribution in [0.15, 0.2) is 48.8 Å². The zero-order chi connectivity index (χ0) is 15.1. The third kappa shape index (κ3) is 4.72. The summed E-state index contributed by atoms with van der Waals surface area (Å²) in [5.41, 5.74) is 1.93. The number of carboxylic acid groups (broad SMARTS) is 1.